The summed E-state index contributed by atoms with van der Waals surface area (Å²) in [4.78, 5) is 3.42. The summed E-state index contributed by atoms with van der Waals surface area (Å²) >= 11 is 0. The van der Waals surface area contributed by atoms with Gasteiger partial charge in [-0.15, -0.1) is 0 Å². The van der Waals surface area contributed by atoms with Gasteiger partial charge in [0, 0.05) is 21.8 Å². The third-order valence-electron chi connectivity index (χ3n) is 2.89. The van der Waals surface area contributed by atoms with Gasteiger partial charge in [0.2, 0.25) is 0 Å². The number of para-hydroxylation sites is 1. The van der Waals surface area contributed by atoms with E-state index in [9.17, 15) is 0 Å². The Morgan fingerprint density at radius 2 is 1.73 bits per heavy atom. The fraction of sp³-hybridized carbons (Fsp3) is 0.0714. The van der Waals surface area contributed by atoms with Crippen molar-refractivity contribution in [1.29, 1.82) is 0 Å². The zero-order valence-electron chi connectivity index (χ0n) is 8.46. The number of hydrogen-bond donors (Lipinski definition) is 1. The first-order valence-electron chi connectivity index (χ1n) is 5.17. The molecule has 1 radical (unpaired) electrons. The van der Waals surface area contributed by atoms with E-state index >= 15 is 0 Å². The zero-order valence-corrected chi connectivity index (χ0v) is 8.46. The van der Waals surface area contributed by atoms with E-state index in [4.69, 9.17) is 0 Å². The fourth-order valence-electron chi connectivity index (χ4n) is 2.19. The zero-order chi connectivity index (χ0) is 10.3. The standard InChI is InChI=1S/C14H12N/c1-2-10-6-5-9-13-14(10)11-7-3-4-8-12(11)15-13/h3-9,15H,1-2H2. The minimum absolute atomic E-state index is 0.833. The van der Waals surface area contributed by atoms with Crippen LogP contribution in [0.25, 0.3) is 21.8 Å². The summed E-state index contributed by atoms with van der Waals surface area (Å²) in [5.74, 6) is 0. The highest BCUT2D eigenvalue weighted by Gasteiger charge is 2.05. The number of aromatic amines is 1. The first kappa shape index (κ1) is 8.54. The molecule has 0 fully saturated rings. The van der Waals surface area contributed by atoms with E-state index < -0.39 is 0 Å². The van der Waals surface area contributed by atoms with Gasteiger partial charge in [0.05, 0.1) is 0 Å². The Hall–Kier alpha value is -1.76. The predicted octanol–water partition coefficient (Wildman–Crippen LogP) is 3.70. The van der Waals surface area contributed by atoms with Gasteiger partial charge in [0.1, 0.15) is 0 Å². The topological polar surface area (TPSA) is 15.8 Å². The van der Waals surface area contributed by atoms with Crippen LogP contribution in [-0.2, 0) is 6.42 Å². The minimum atomic E-state index is 0.833. The Bertz CT molecular complexity index is 619. The molecule has 0 aliphatic rings. The Morgan fingerprint density at radius 3 is 2.60 bits per heavy atom. The molecule has 1 N–H and O–H groups in total. The molecule has 0 aliphatic carbocycles. The Labute approximate surface area is 88.7 Å². The largest absolute Gasteiger partial charge is 0.355 e. The summed E-state index contributed by atoms with van der Waals surface area (Å²) in [6.07, 6.45) is 0.833. The van der Waals surface area contributed by atoms with Gasteiger partial charge >= 0.3 is 0 Å². The van der Waals surface area contributed by atoms with E-state index in [1.165, 1.54) is 27.4 Å². The Kier molecular flexibility index (Phi) is 1.78. The molecular formula is C14H12N. The monoisotopic (exact) mass is 194 g/mol. The summed E-state index contributed by atoms with van der Waals surface area (Å²) in [6, 6.07) is 14.8. The highest BCUT2D eigenvalue weighted by atomic mass is 14.7. The molecule has 1 heterocycles. The average molecular weight is 194 g/mol. The van der Waals surface area contributed by atoms with Crippen molar-refractivity contribution < 1.29 is 0 Å². The molecule has 0 atom stereocenters. The molecule has 0 saturated carbocycles. The second kappa shape index (κ2) is 3.13. The number of fused-ring (bicyclic) bond motifs is 3. The SMILES string of the molecule is [CH2]Cc1cccc2[nH]c3ccccc3c12. The number of rotatable bonds is 1. The van der Waals surface area contributed by atoms with Crippen molar-refractivity contribution in [1.82, 2.24) is 4.98 Å². The molecule has 1 nitrogen and oxygen atoms in total. The molecule has 2 aromatic carbocycles. The van der Waals surface area contributed by atoms with Crippen LogP contribution in [0.2, 0.25) is 0 Å². The fourth-order valence-corrected chi connectivity index (χ4v) is 2.19. The number of aromatic nitrogens is 1. The van der Waals surface area contributed by atoms with Crippen LogP contribution >= 0.6 is 0 Å². The highest BCUT2D eigenvalue weighted by molar-refractivity contribution is 6.08. The Morgan fingerprint density at radius 1 is 0.933 bits per heavy atom. The maximum absolute atomic E-state index is 3.98. The van der Waals surface area contributed by atoms with Crippen LogP contribution in [0.15, 0.2) is 42.5 Å². The quantitative estimate of drug-likeness (QED) is 0.608. The van der Waals surface area contributed by atoms with E-state index in [0.29, 0.717) is 0 Å². The second-order valence-electron chi connectivity index (χ2n) is 3.76. The van der Waals surface area contributed by atoms with Gasteiger partial charge in [0.15, 0.2) is 0 Å². The van der Waals surface area contributed by atoms with Gasteiger partial charge in [-0.1, -0.05) is 30.3 Å². The first-order valence-corrected chi connectivity index (χ1v) is 5.17. The lowest BCUT2D eigenvalue weighted by atomic mass is 10.0. The van der Waals surface area contributed by atoms with Gasteiger partial charge in [-0.2, -0.15) is 0 Å². The van der Waals surface area contributed by atoms with E-state index in [1.54, 1.807) is 0 Å². The highest BCUT2D eigenvalue weighted by Crippen LogP contribution is 2.28. The van der Waals surface area contributed by atoms with Crippen LogP contribution in [0.5, 0.6) is 0 Å². The molecule has 1 heteroatoms. The van der Waals surface area contributed by atoms with E-state index in [1.807, 2.05) is 0 Å². The first-order chi connectivity index (χ1) is 7.40. The minimum Gasteiger partial charge on any atom is -0.355 e. The van der Waals surface area contributed by atoms with Gasteiger partial charge < -0.3 is 4.98 Å². The van der Waals surface area contributed by atoms with Crippen molar-refractivity contribution in [2.75, 3.05) is 0 Å². The van der Waals surface area contributed by atoms with Crippen LogP contribution in [-0.4, -0.2) is 4.98 Å². The number of nitrogens with one attached hydrogen (secondary N) is 1. The van der Waals surface area contributed by atoms with Gasteiger partial charge in [-0.05, 0) is 31.0 Å². The van der Waals surface area contributed by atoms with Gasteiger partial charge in [-0.3, -0.25) is 0 Å². The molecule has 3 rings (SSSR count). The van der Waals surface area contributed by atoms with Crippen LogP contribution in [0.3, 0.4) is 0 Å². The molecule has 0 spiro atoms. The van der Waals surface area contributed by atoms with E-state index in [-0.39, 0.29) is 0 Å². The molecule has 1 aromatic heterocycles. The van der Waals surface area contributed by atoms with Crippen LogP contribution in [0, 0.1) is 6.92 Å². The molecule has 73 valence electrons. The summed E-state index contributed by atoms with van der Waals surface area (Å²) in [5.41, 5.74) is 3.72. The van der Waals surface area contributed by atoms with Crippen LogP contribution in [0.4, 0.5) is 0 Å². The lowest BCUT2D eigenvalue weighted by Gasteiger charge is -1.98. The predicted molar refractivity (Wildman–Crippen MR) is 64.9 cm³/mol. The summed E-state index contributed by atoms with van der Waals surface area (Å²) in [7, 11) is 0. The maximum Gasteiger partial charge on any atom is 0.0467 e. The Balaban J connectivity index is 2.56. The average Bonchev–Trinajstić information content (AvgIpc) is 2.67. The van der Waals surface area contributed by atoms with Crippen molar-refractivity contribution in [2.45, 2.75) is 6.42 Å². The third kappa shape index (κ3) is 1.16. The van der Waals surface area contributed by atoms with Gasteiger partial charge in [-0.25, -0.2) is 0 Å². The normalized spacial score (nSPS) is 11.3. The van der Waals surface area contributed by atoms with Crippen molar-refractivity contribution in [2.24, 2.45) is 0 Å². The lowest BCUT2D eigenvalue weighted by Crippen LogP contribution is -1.80. The molecule has 15 heavy (non-hydrogen) atoms. The number of benzene rings is 2. The molecule has 0 bridgehead atoms. The molecule has 0 amide bonds. The van der Waals surface area contributed by atoms with E-state index in [0.717, 1.165) is 6.42 Å². The molecule has 0 unspecified atom stereocenters. The molecule has 0 aliphatic heterocycles. The molecule has 0 saturated heterocycles. The summed E-state index contributed by atoms with van der Waals surface area (Å²) < 4.78 is 0. The smallest absolute Gasteiger partial charge is 0.0467 e. The summed E-state index contributed by atoms with van der Waals surface area (Å²) in [6.45, 7) is 3.98. The van der Waals surface area contributed by atoms with Gasteiger partial charge in [0.25, 0.3) is 0 Å². The van der Waals surface area contributed by atoms with Crippen molar-refractivity contribution in [3.05, 3.63) is 55.0 Å². The maximum atomic E-state index is 3.98. The van der Waals surface area contributed by atoms with Crippen molar-refractivity contribution in [3.63, 3.8) is 0 Å². The van der Waals surface area contributed by atoms with Crippen molar-refractivity contribution >= 4 is 21.8 Å². The number of H-pyrrole nitrogens is 1. The molecular weight excluding hydrogens is 182 g/mol. The number of hydrogen-bond acceptors (Lipinski definition) is 0. The molecule has 3 aromatic rings. The van der Waals surface area contributed by atoms with Crippen molar-refractivity contribution in [3.8, 4) is 0 Å². The second-order valence-corrected chi connectivity index (χ2v) is 3.76. The van der Waals surface area contributed by atoms with Crippen LogP contribution in [0.1, 0.15) is 5.56 Å². The lowest BCUT2D eigenvalue weighted by molar-refractivity contribution is 1.31. The van der Waals surface area contributed by atoms with E-state index in [2.05, 4.69) is 54.4 Å². The third-order valence-corrected chi connectivity index (χ3v) is 2.89. The van der Waals surface area contributed by atoms with Crippen LogP contribution < -0.4 is 0 Å². The summed E-state index contributed by atoms with van der Waals surface area (Å²) in [5, 5.41) is 2.62.